The zero-order valence-electron chi connectivity index (χ0n) is 11.5. The lowest BCUT2D eigenvalue weighted by Crippen LogP contribution is -2.27. The van der Waals surface area contributed by atoms with Crippen LogP contribution in [0.2, 0.25) is 0 Å². The van der Waals surface area contributed by atoms with Gasteiger partial charge in [-0.2, -0.15) is 0 Å². The molecule has 0 bridgehead atoms. The second-order valence-electron chi connectivity index (χ2n) is 4.67. The number of carbonyl (C=O) groups is 1. The van der Waals surface area contributed by atoms with E-state index in [4.69, 9.17) is 4.74 Å². The molecule has 0 aliphatic heterocycles. The summed E-state index contributed by atoms with van der Waals surface area (Å²) < 4.78 is 5.57. The number of hydrogen-bond acceptors (Lipinski definition) is 2. The summed E-state index contributed by atoms with van der Waals surface area (Å²) in [4.78, 5) is 11.9. The Bertz CT molecular complexity index is 753. The molecule has 3 rings (SSSR count). The van der Waals surface area contributed by atoms with E-state index in [1.165, 1.54) is 0 Å². The van der Waals surface area contributed by atoms with Crippen molar-refractivity contribution >= 4 is 16.7 Å². The number of nitrogens with one attached hydrogen (secondary N) is 1. The van der Waals surface area contributed by atoms with Gasteiger partial charge in [-0.25, -0.2) is 0 Å². The van der Waals surface area contributed by atoms with Gasteiger partial charge in [0.2, 0.25) is 0 Å². The van der Waals surface area contributed by atoms with Crippen molar-refractivity contribution in [1.82, 2.24) is 5.32 Å². The Kier molecular flexibility index (Phi) is 3.83. The standard InChI is InChI=1S/C18H15NO2/c20-18(15-7-2-1-3-8-15)19-13-21-17-11-10-14-6-4-5-9-16(14)12-17/h1-12H,13H2,(H,19,20). The summed E-state index contributed by atoms with van der Waals surface area (Å²) >= 11 is 0. The highest BCUT2D eigenvalue weighted by Gasteiger charge is 2.03. The fraction of sp³-hybridized carbons (Fsp3) is 0.0556. The van der Waals surface area contributed by atoms with Gasteiger partial charge < -0.3 is 10.1 Å². The average Bonchev–Trinajstić information content (AvgIpc) is 2.55. The molecule has 3 aromatic carbocycles. The molecule has 0 saturated carbocycles. The van der Waals surface area contributed by atoms with Gasteiger partial charge in [0.15, 0.2) is 6.73 Å². The fourth-order valence-corrected chi connectivity index (χ4v) is 2.13. The molecule has 1 amide bonds. The molecule has 0 heterocycles. The summed E-state index contributed by atoms with van der Waals surface area (Å²) in [7, 11) is 0. The molecule has 3 nitrogen and oxygen atoms in total. The predicted octanol–water partition coefficient (Wildman–Crippen LogP) is 3.61. The average molecular weight is 277 g/mol. The first-order valence-electron chi connectivity index (χ1n) is 6.78. The van der Waals surface area contributed by atoms with Crippen LogP contribution >= 0.6 is 0 Å². The van der Waals surface area contributed by atoms with E-state index in [1.54, 1.807) is 12.1 Å². The Balaban J connectivity index is 1.60. The number of benzene rings is 3. The minimum atomic E-state index is -0.142. The van der Waals surface area contributed by atoms with Crippen molar-refractivity contribution < 1.29 is 9.53 Å². The van der Waals surface area contributed by atoms with E-state index in [0.29, 0.717) is 5.56 Å². The smallest absolute Gasteiger partial charge is 0.253 e. The van der Waals surface area contributed by atoms with Gasteiger partial charge in [0, 0.05) is 5.56 Å². The number of fused-ring (bicyclic) bond motifs is 1. The SMILES string of the molecule is O=C(NCOc1ccc2ccccc2c1)c1ccccc1. The minimum Gasteiger partial charge on any atom is -0.473 e. The maximum atomic E-state index is 11.9. The quantitative estimate of drug-likeness (QED) is 0.740. The maximum absolute atomic E-state index is 11.9. The third-order valence-corrected chi connectivity index (χ3v) is 3.23. The number of ether oxygens (including phenoxy) is 1. The maximum Gasteiger partial charge on any atom is 0.253 e. The number of amides is 1. The van der Waals surface area contributed by atoms with E-state index < -0.39 is 0 Å². The molecule has 0 aromatic heterocycles. The molecule has 21 heavy (non-hydrogen) atoms. The van der Waals surface area contributed by atoms with Gasteiger partial charge in [0.25, 0.3) is 5.91 Å². The highest BCUT2D eigenvalue weighted by Crippen LogP contribution is 2.20. The second-order valence-corrected chi connectivity index (χ2v) is 4.67. The van der Waals surface area contributed by atoms with Crippen molar-refractivity contribution in [2.75, 3.05) is 6.73 Å². The normalized spacial score (nSPS) is 10.3. The van der Waals surface area contributed by atoms with Crippen LogP contribution in [0.1, 0.15) is 10.4 Å². The summed E-state index contributed by atoms with van der Waals surface area (Å²) in [5.74, 6) is 0.596. The molecule has 3 heteroatoms. The number of carbonyl (C=O) groups excluding carboxylic acids is 1. The summed E-state index contributed by atoms with van der Waals surface area (Å²) in [6, 6.07) is 23.0. The first kappa shape index (κ1) is 13.2. The minimum absolute atomic E-state index is 0.142. The second kappa shape index (κ2) is 6.09. The Labute approximate surface area is 123 Å². The zero-order chi connectivity index (χ0) is 14.5. The van der Waals surface area contributed by atoms with Gasteiger partial charge in [-0.3, -0.25) is 4.79 Å². The third kappa shape index (κ3) is 3.20. The van der Waals surface area contributed by atoms with Crippen LogP contribution in [0, 0.1) is 0 Å². The molecule has 0 atom stereocenters. The van der Waals surface area contributed by atoms with Crippen LogP contribution in [0.15, 0.2) is 72.8 Å². The first-order chi connectivity index (χ1) is 10.3. The molecule has 0 aliphatic carbocycles. The molecule has 0 radical (unpaired) electrons. The van der Waals surface area contributed by atoms with Crippen molar-refractivity contribution in [3.63, 3.8) is 0 Å². The molecule has 0 saturated heterocycles. The Morgan fingerprint density at radius 1 is 0.857 bits per heavy atom. The van der Waals surface area contributed by atoms with Crippen LogP contribution in [-0.2, 0) is 0 Å². The largest absolute Gasteiger partial charge is 0.473 e. The molecule has 0 aliphatic rings. The van der Waals surface area contributed by atoms with Crippen LogP contribution in [-0.4, -0.2) is 12.6 Å². The Morgan fingerprint density at radius 2 is 1.57 bits per heavy atom. The molecule has 1 N–H and O–H groups in total. The highest BCUT2D eigenvalue weighted by molar-refractivity contribution is 5.94. The molecule has 0 unspecified atom stereocenters. The van der Waals surface area contributed by atoms with Crippen molar-refractivity contribution in [1.29, 1.82) is 0 Å². The summed E-state index contributed by atoms with van der Waals surface area (Å²) in [5.41, 5.74) is 0.625. The van der Waals surface area contributed by atoms with E-state index in [1.807, 2.05) is 54.6 Å². The summed E-state index contributed by atoms with van der Waals surface area (Å²) in [6.07, 6.45) is 0. The van der Waals surface area contributed by atoms with Gasteiger partial charge in [0.1, 0.15) is 5.75 Å². The zero-order valence-corrected chi connectivity index (χ0v) is 11.5. The number of rotatable bonds is 4. The fourth-order valence-electron chi connectivity index (χ4n) is 2.13. The Hall–Kier alpha value is -2.81. The van der Waals surface area contributed by atoms with Crippen LogP contribution in [0.25, 0.3) is 10.8 Å². The predicted molar refractivity (Wildman–Crippen MR) is 83.4 cm³/mol. The van der Waals surface area contributed by atoms with Gasteiger partial charge in [-0.1, -0.05) is 48.5 Å². The highest BCUT2D eigenvalue weighted by atomic mass is 16.5. The third-order valence-electron chi connectivity index (χ3n) is 3.23. The van der Waals surface area contributed by atoms with Gasteiger partial charge in [0.05, 0.1) is 0 Å². The summed E-state index contributed by atoms with van der Waals surface area (Å²) in [5, 5.41) is 5.01. The molecule has 104 valence electrons. The lowest BCUT2D eigenvalue weighted by Gasteiger charge is -2.09. The van der Waals surface area contributed by atoms with Gasteiger partial charge >= 0.3 is 0 Å². The molecule has 0 fully saturated rings. The van der Waals surface area contributed by atoms with Crippen molar-refractivity contribution in [2.45, 2.75) is 0 Å². The number of hydrogen-bond donors (Lipinski definition) is 1. The van der Waals surface area contributed by atoms with Crippen molar-refractivity contribution in [2.24, 2.45) is 0 Å². The molecular weight excluding hydrogens is 262 g/mol. The van der Waals surface area contributed by atoms with Crippen molar-refractivity contribution in [3.8, 4) is 5.75 Å². The van der Waals surface area contributed by atoms with Crippen LogP contribution < -0.4 is 10.1 Å². The van der Waals surface area contributed by atoms with E-state index in [9.17, 15) is 4.79 Å². The topological polar surface area (TPSA) is 38.3 Å². The van der Waals surface area contributed by atoms with Crippen molar-refractivity contribution in [3.05, 3.63) is 78.4 Å². The first-order valence-corrected chi connectivity index (χ1v) is 6.78. The monoisotopic (exact) mass is 277 g/mol. The van der Waals surface area contributed by atoms with Crippen LogP contribution in [0.4, 0.5) is 0 Å². The molecular formula is C18H15NO2. The van der Waals surface area contributed by atoms with E-state index >= 15 is 0 Å². The molecule has 0 spiro atoms. The van der Waals surface area contributed by atoms with E-state index in [2.05, 4.69) is 11.4 Å². The van der Waals surface area contributed by atoms with E-state index in [-0.39, 0.29) is 12.6 Å². The summed E-state index contributed by atoms with van der Waals surface area (Å²) in [6.45, 7) is 0.145. The van der Waals surface area contributed by atoms with Crippen LogP contribution in [0.3, 0.4) is 0 Å². The van der Waals surface area contributed by atoms with E-state index in [0.717, 1.165) is 16.5 Å². The Morgan fingerprint density at radius 3 is 2.38 bits per heavy atom. The lowest BCUT2D eigenvalue weighted by molar-refractivity contribution is 0.0919. The van der Waals surface area contributed by atoms with Gasteiger partial charge in [-0.15, -0.1) is 0 Å². The lowest BCUT2D eigenvalue weighted by atomic mass is 10.1. The van der Waals surface area contributed by atoms with Gasteiger partial charge in [-0.05, 0) is 35.0 Å². The van der Waals surface area contributed by atoms with Crippen LogP contribution in [0.5, 0.6) is 5.75 Å². The molecule has 3 aromatic rings.